The molecule has 1 unspecified atom stereocenters. The zero-order valence-electron chi connectivity index (χ0n) is 11.1. The summed E-state index contributed by atoms with van der Waals surface area (Å²) in [5.74, 6) is -0.715. The van der Waals surface area contributed by atoms with Crippen LogP contribution in [0.4, 0.5) is 0 Å². The molecule has 0 spiro atoms. The first kappa shape index (κ1) is 13.8. The lowest BCUT2D eigenvalue weighted by Gasteiger charge is -2.17. The maximum Gasteiger partial charge on any atom is 0.371 e. The van der Waals surface area contributed by atoms with E-state index in [1.54, 1.807) is 6.07 Å². The minimum atomic E-state index is -1.09. The largest absolute Gasteiger partial charge is 0.475 e. The van der Waals surface area contributed by atoms with Crippen molar-refractivity contribution in [3.63, 3.8) is 0 Å². The predicted molar refractivity (Wildman–Crippen MR) is 74.8 cm³/mol. The molecule has 1 N–H and O–H groups in total. The van der Waals surface area contributed by atoms with Gasteiger partial charge in [0.25, 0.3) is 0 Å². The van der Waals surface area contributed by atoms with E-state index in [9.17, 15) is 9.00 Å². The lowest BCUT2D eigenvalue weighted by atomic mass is 10.2. The average molecular weight is 280 g/mol. The van der Waals surface area contributed by atoms with Gasteiger partial charge in [-0.3, -0.25) is 4.21 Å². The highest BCUT2D eigenvalue weighted by Gasteiger charge is 2.20. The minimum absolute atomic E-state index is 0.0795. The predicted octanol–water partition coefficient (Wildman–Crippen LogP) is 3.18. The van der Waals surface area contributed by atoms with Gasteiger partial charge in [-0.05, 0) is 44.5 Å². The van der Waals surface area contributed by atoms with E-state index in [1.807, 2.05) is 32.9 Å². The molecule has 0 aliphatic rings. The number of carboxylic acid groups (broad SMARTS) is 1. The fourth-order valence-electron chi connectivity index (χ4n) is 1.66. The Kier molecular flexibility index (Phi) is 3.49. The van der Waals surface area contributed by atoms with Crippen LogP contribution in [0.3, 0.4) is 0 Å². The Balaban J connectivity index is 2.31. The minimum Gasteiger partial charge on any atom is -0.475 e. The van der Waals surface area contributed by atoms with E-state index in [1.165, 1.54) is 6.07 Å². The van der Waals surface area contributed by atoms with E-state index >= 15 is 0 Å². The normalized spacial score (nSPS) is 13.6. The van der Waals surface area contributed by atoms with E-state index in [0.29, 0.717) is 11.3 Å². The van der Waals surface area contributed by atoms with E-state index in [-0.39, 0.29) is 10.5 Å². The fourth-order valence-corrected chi connectivity index (χ4v) is 2.57. The van der Waals surface area contributed by atoms with Crippen LogP contribution < -0.4 is 0 Å². The summed E-state index contributed by atoms with van der Waals surface area (Å²) in [6.45, 7) is 5.80. The molecule has 0 saturated heterocycles. The lowest BCUT2D eigenvalue weighted by molar-refractivity contribution is 0.0665. The SMILES string of the molecule is CC(C)(C)S(=O)Cc1ccc2oc(C(=O)O)cc2c1. The molecule has 0 aliphatic carbocycles. The summed E-state index contributed by atoms with van der Waals surface area (Å²) in [5.41, 5.74) is 1.45. The first-order valence-electron chi connectivity index (χ1n) is 5.91. The number of hydrogen-bond acceptors (Lipinski definition) is 3. The quantitative estimate of drug-likeness (QED) is 0.937. The van der Waals surface area contributed by atoms with Crippen LogP contribution >= 0.6 is 0 Å². The molecule has 0 saturated carbocycles. The summed E-state index contributed by atoms with van der Waals surface area (Å²) >= 11 is 0. The van der Waals surface area contributed by atoms with Crippen LogP contribution in [-0.4, -0.2) is 20.0 Å². The van der Waals surface area contributed by atoms with Gasteiger partial charge in [-0.2, -0.15) is 0 Å². The highest BCUT2D eigenvalue weighted by molar-refractivity contribution is 7.85. The van der Waals surface area contributed by atoms with E-state index in [4.69, 9.17) is 9.52 Å². The van der Waals surface area contributed by atoms with Crippen LogP contribution in [0.25, 0.3) is 11.0 Å². The Hall–Kier alpha value is -1.62. The lowest BCUT2D eigenvalue weighted by Crippen LogP contribution is -2.22. The fraction of sp³-hybridized carbons (Fsp3) is 0.357. The topological polar surface area (TPSA) is 67.5 Å². The molecule has 19 heavy (non-hydrogen) atoms. The zero-order valence-corrected chi connectivity index (χ0v) is 11.9. The van der Waals surface area contributed by atoms with Gasteiger partial charge in [-0.15, -0.1) is 0 Å². The van der Waals surface area contributed by atoms with Crippen molar-refractivity contribution in [3.8, 4) is 0 Å². The maximum atomic E-state index is 12.1. The molecule has 1 aromatic heterocycles. The van der Waals surface area contributed by atoms with E-state index in [0.717, 1.165) is 10.9 Å². The summed E-state index contributed by atoms with van der Waals surface area (Å²) < 4.78 is 17.0. The van der Waals surface area contributed by atoms with E-state index in [2.05, 4.69) is 0 Å². The first-order chi connectivity index (χ1) is 8.77. The number of benzene rings is 1. The molecule has 0 aliphatic heterocycles. The van der Waals surface area contributed by atoms with Gasteiger partial charge < -0.3 is 9.52 Å². The molecule has 102 valence electrons. The van der Waals surface area contributed by atoms with Gasteiger partial charge in [0.15, 0.2) is 0 Å². The molecule has 0 amide bonds. The number of hydrogen-bond donors (Lipinski definition) is 1. The van der Waals surface area contributed by atoms with Crippen molar-refractivity contribution in [2.75, 3.05) is 0 Å². The van der Waals surface area contributed by atoms with Crippen LogP contribution in [-0.2, 0) is 16.6 Å². The molecule has 0 radical (unpaired) electrons. The number of furan rings is 1. The van der Waals surface area contributed by atoms with Crippen LogP contribution in [0.15, 0.2) is 28.7 Å². The standard InChI is InChI=1S/C14H16O4S/c1-14(2,3)19(17)8-9-4-5-11-10(6-9)7-12(18-11)13(15)16/h4-7H,8H2,1-3H3,(H,15,16). The second-order valence-electron chi connectivity index (χ2n) is 5.39. The molecule has 0 fully saturated rings. The molecule has 1 atom stereocenters. The molecular weight excluding hydrogens is 264 g/mol. The highest BCUT2D eigenvalue weighted by atomic mass is 32.2. The number of rotatable bonds is 3. The average Bonchev–Trinajstić information content (AvgIpc) is 2.70. The maximum absolute atomic E-state index is 12.1. The molecule has 1 heterocycles. The van der Waals surface area contributed by atoms with Gasteiger partial charge in [0.2, 0.25) is 5.76 Å². The Morgan fingerprint density at radius 3 is 2.58 bits per heavy atom. The summed E-state index contributed by atoms with van der Waals surface area (Å²) in [6.07, 6.45) is 0. The molecule has 0 bridgehead atoms. The van der Waals surface area contributed by atoms with Crippen LogP contribution in [0.1, 0.15) is 36.9 Å². The molecular formula is C14H16O4S. The van der Waals surface area contributed by atoms with Gasteiger partial charge in [-0.1, -0.05) is 6.07 Å². The van der Waals surface area contributed by atoms with Gasteiger partial charge in [0.05, 0.1) is 0 Å². The summed E-state index contributed by atoms with van der Waals surface area (Å²) in [6, 6.07) is 6.86. The molecule has 4 nitrogen and oxygen atoms in total. The number of carbonyl (C=O) groups is 1. The van der Waals surface area contributed by atoms with Crippen LogP contribution in [0, 0.1) is 0 Å². The van der Waals surface area contributed by atoms with Crippen LogP contribution in [0.5, 0.6) is 0 Å². The van der Waals surface area contributed by atoms with Crippen molar-refractivity contribution >= 4 is 27.7 Å². The molecule has 2 rings (SSSR count). The van der Waals surface area contributed by atoms with Crippen molar-refractivity contribution in [1.82, 2.24) is 0 Å². The molecule has 1 aromatic carbocycles. The van der Waals surface area contributed by atoms with Gasteiger partial charge >= 0.3 is 5.97 Å². The number of fused-ring (bicyclic) bond motifs is 1. The molecule has 5 heteroatoms. The second-order valence-corrected chi connectivity index (χ2v) is 7.59. The van der Waals surface area contributed by atoms with E-state index < -0.39 is 16.8 Å². The van der Waals surface area contributed by atoms with Gasteiger partial charge in [-0.25, -0.2) is 4.79 Å². The van der Waals surface area contributed by atoms with Crippen molar-refractivity contribution < 1.29 is 18.5 Å². The first-order valence-corrected chi connectivity index (χ1v) is 7.23. The van der Waals surface area contributed by atoms with Gasteiger partial charge in [0, 0.05) is 26.7 Å². The monoisotopic (exact) mass is 280 g/mol. The Morgan fingerprint density at radius 2 is 2.00 bits per heavy atom. The summed E-state index contributed by atoms with van der Waals surface area (Å²) in [5, 5.41) is 9.59. The number of aromatic carboxylic acids is 1. The van der Waals surface area contributed by atoms with Crippen molar-refractivity contribution in [2.45, 2.75) is 31.3 Å². The molecule has 2 aromatic rings. The van der Waals surface area contributed by atoms with Gasteiger partial charge in [0.1, 0.15) is 5.58 Å². The van der Waals surface area contributed by atoms with Crippen molar-refractivity contribution in [3.05, 3.63) is 35.6 Å². The second kappa shape index (κ2) is 4.81. The number of carboxylic acids is 1. The third kappa shape index (κ3) is 3.04. The highest BCUT2D eigenvalue weighted by Crippen LogP contribution is 2.23. The van der Waals surface area contributed by atoms with Crippen molar-refractivity contribution in [1.29, 1.82) is 0 Å². The Labute approximate surface area is 113 Å². The zero-order chi connectivity index (χ0) is 14.2. The Morgan fingerprint density at radius 1 is 1.32 bits per heavy atom. The smallest absolute Gasteiger partial charge is 0.371 e. The summed E-state index contributed by atoms with van der Waals surface area (Å²) in [4.78, 5) is 10.8. The van der Waals surface area contributed by atoms with Crippen LogP contribution in [0.2, 0.25) is 0 Å². The Bertz CT molecular complexity index is 649. The summed E-state index contributed by atoms with van der Waals surface area (Å²) in [7, 11) is -0.980. The van der Waals surface area contributed by atoms with Crippen molar-refractivity contribution in [2.24, 2.45) is 0 Å². The third-order valence-electron chi connectivity index (χ3n) is 2.77. The third-order valence-corrected chi connectivity index (χ3v) is 4.73.